The van der Waals surface area contributed by atoms with Gasteiger partial charge in [-0.2, -0.15) is 0 Å². The number of benzene rings is 3. The van der Waals surface area contributed by atoms with E-state index in [1.165, 1.54) is 24.1 Å². The number of nitrogens with zero attached hydrogens (tertiary/aromatic N) is 2. The second-order valence-electron chi connectivity index (χ2n) is 10.6. The second kappa shape index (κ2) is 13.7. The lowest BCUT2D eigenvalue weighted by molar-refractivity contribution is -0.140. The molecule has 0 aromatic heterocycles. The van der Waals surface area contributed by atoms with Gasteiger partial charge in [-0.3, -0.25) is 13.9 Å². The van der Waals surface area contributed by atoms with Crippen molar-refractivity contribution in [2.45, 2.75) is 71.5 Å². The minimum atomic E-state index is -4.19. The number of ether oxygens (including phenoxy) is 1. The molecule has 9 heteroatoms. The van der Waals surface area contributed by atoms with Gasteiger partial charge >= 0.3 is 0 Å². The molecule has 0 radical (unpaired) electrons. The van der Waals surface area contributed by atoms with E-state index in [9.17, 15) is 18.0 Å². The van der Waals surface area contributed by atoms with Crippen LogP contribution in [0.3, 0.4) is 0 Å². The van der Waals surface area contributed by atoms with E-state index < -0.39 is 28.5 Å². The molecule has 3 aromatic carbocycles. The van der Waals surface area contributed by atoms with Crippen LogP contribution >= 0.6 is 0 Å². The Labute approximate surface area is 244 Å². The van der Waals surface area contributed by atoms with Crippen molar-refractivity contribution in [3.05, 3.63) is 89.0 Å². The van der Waals surface area contributed by atoms with Gasteiger partial charge in [-0.05, 0) is 76.4 Å². The van der Waals surface area contributed by atoms with Gasteiger partial charge in [-0.25, -0.2) is 8.42 Å². The molecule has 3 rings (SSSR count). The van der Waals surface area contributed by atoms with E-state index in [0.29, 0.717) is 12.2 Å². The summed E-state index contributed by atoms with van der Waals surface area (Å²) >= 11 is 0. The Bertz CT molecular complexity index is 1450. The molecule has 0 spiro atoms. The molecule has 3 aromatic rings. The number of sulfonamides is 1. The first kappa shape index (κ1) is 31.7. The van der Waals surface area contributed by atoms with Gasteiger partial charge in [0.25, 0.3) is 10.0 Å². The summed E-state index contributed by atoms with van der Waals surface area (Å²) in [4.78, 5) is 29.0. The third-order valence-electron chi connectivity index (χ3n) is 6.78. The Morgan fingerprint density at radius 2 is 1.44 bits per heavy atom. The van der Waals surface area contributed by atoms with Crippen LogP contribution in [-0.2, 0) is 26.2 Å². The maximum Gasteiger partial charge on any atom is 0.264 e. The van der Waals surface area contributed by atoms with Crippen molar-refractivity contribution < 1.29 is 22.7 Å². The third-order valence-corrected chi connectivity index (χ3v) is 8.56. The number of hydrogen-bond donors (Lipinski definition) is 1. The Morgan fingerprint density at radius 1 is 0.878 bits per heavy atom. The number of methoxy groups -OCH3 is 1. The zero-order valence-electron chi connectivity index (χ0n) is 25.0. The molecule has 0 aliphatic carbocycles. The molecular weight excluding hydrogens is 538 g/mol. The second-order valence-corrected chi connectivity index (χ2v) is 12.5. The highest BCUT2D eigenvalue weighted by molar-refractivity contribution is 7.92. The van der Waals surface area contributed by atoms with Crippen LogP contribution in [0.25, 0.3) is 0 Å². The lowest BCUT2D eigenvalue weighted by Crippen LogP contribution is -2.53. The predicted molar refractivity (Wildman–Crippen MR) is 163 cm³/mol. The van der Waals surface area contributed by atoms with E-state index in [2.05, 4.69) is 5.32 Å². The zero-order chi connectivity index (χ0) is 30.3. The van der Waals surface area contributed by atoms with Gasteiger partial charge < -0.3 is 15.0 Å². The van der Waals surface area contributed by atoms with Crippen molar-refractivity contribution in [1.82, 2.24) is 10.2 Å². The molecule has 2 amide bonds. The minimum absolute atomic E-state index is 0.0501. The third kappa shape index (κ3) is 7.88. The molecule has 0 fully saturated rings. The van der Waals surface area contributed by atoms with Crippen molar-refractivity contribution >= 4 is 27.5 Å². The number of carbonyl (C=O) groups excluding carboxylic acids is 2. The Hall–Kier alpha value is -3.85. The lowest BCUT2D eigenvalue weighted by atomic mass is 10.1. The fraction of sp³-hybridized carbons (Fsp3) is 0.375. The van der Waals surface area contributed by atoms with Gasteiger partial charge in [-0.1, -0.05) is 60.5 Å². The number of hydrogen-bond acceptors (Lipinski definition) is 5. The summed E-state index contributed by atoms with van der Waals surface area (Å²) in [6, 6.07) is 18.5. The van der Waals surface area contributed by atoms with Gasteiger partial charge in [-0.15, -0.1) is 0 Å². The van der Waals surface area contributed by atoms with E-state index in [1.54, 1.807) is 24.3 Å². The van der Waals surface area contributed by atoms with Gasteiger partial charge in [0.05, 0.1) is 17.7 Å². The van der Waals surface area contributed by atoms with Crippen LogP contribution in [-0.4, -0.2) is 50.9 Å². The van der Waals surface area contributed by atoms with Crippen molar-refractivity contribution in [3.8, 4) is 5.75 Å². The lowest BCUT2D eigenvalue weighted by Gasteiger charge is -2.34. The molecule has 1 N–H and O–H groups in total. The van der Waals surface area contributed by atoms with Gasteiger partial charge in [0.15, 0.2) is 0 Å². The quantitative estimate of drug-likeness (QED) is 0.320. The van der Waals surface area contributed by atoms with Crippen LogP contribution in [0.2, 0.25) is 0 Å². The van der Waals surface area contributed by atoms with Crippen molar-refractivity contribution in [1.29, 1.82) is 0 Å². The first-order chi connectivity index (χ1) is 19.4. The smallest absolute Gasteiger partial charge is 0.264 e. The minimum Gasteiger partial charge on any atom is -0.495 e. The van der Waals surface area contributed by atoms with Crippen molar-refractivity contribution in [2.24, 2.45) is 0 Å². The number of aryl methyl sites for hydroxylation is 3. The van der Waals surface area contributed by atoms with Gasteiger partial charge in [0.2, 0.25) is 11.8 Å². The first-order valence-corrected chi connectivity index (χ1v) is 15.2. The highest BCUT2D eigenvalue weighted by Gasteiger charge is 2.35. The summed E-state index contributed by atoms with van der Waals surface area (Å²) in [6.07, 6.45) is 0.356. The average Bonchev–Trinajstić information content (AvgIpc) is 2.92. The fourth-order valence-electron chi connectivity index (χ4n) is 4.54. The zero-order valence-corrected chi connectivity index (χ0v) is 25.8. The van der Waals surface area contributed by atoms with Crippen LogP contribution in [0.15, 0.2) is 71.6 Å². The van der Waals surface area contributed by atoms with Crippen molar-refractivity contribution in [3.63, 3.8) is 0 Å². The van der Waals surface area contributed by atoms with Gasteiger partial charge in [0, 0.05) is 12.6 Å². The number of rotatable bonds is 12. The largest absolute Gasteiger partial charge is 0.495 e. The topological polar surface area (TPSA) is 96.0 Å². The predicted octanol–water partition coefficient (Wildman–Crippen LogP) is 5.15. The fourth-order valence-corrected chi connectivity index (χ4v) is 5.95. The molecule has 0 aliphatic rings. The number of nitrogens with one attached hydrogen (secondary N) is 1. The number of carbonyl (C=O) groups is 2. The van der Waals surface area contributed by atoms with Crippen LogP contribution in [0.5, 0.6) is 5.75 Å². The molecule has 1 unspecified atom stereocenters. The number of amides is 2. The summed E-state index contributed by atoms with van der Waals surface area (Å²) in [6.45, 7) is 10.9. The van der Waals surface area contributed by atoms with E-state index in [1.807, 2.05) is 71.9 Å². The highest BCUT2D eigenvalue weighted by atomic mass is 32.2. The van der Waals surface area contributed by atoms with E-state index >= 15 is 0 Å². The molecule has 0 heterocycles. The molecule has 8 nitrogen and oxygen atoms in total. The molecule has 0 saturated heterocycles. The van der Waals surface area contributed by atoms with Crippen LogP contribution in [0, 0.1) is 20.8 Å². The Kier molecular flexibility index (Phi) is 10.6. The normalized spacial score (nSPS) is 12.1. The molecule has 0 aliphatic heterocycles. The monoisotopic (exact) mass is 579 g/mol. The van der Waals surface area contributed by atoms with Crippen molar-refractivity contribution in [2.75, 3.05) is 18.0 Å². The summed E-state index contributed by atoms with van der Waals surface area (Å²) in [5.74, 6) is -0.478. The molecule has 0 saturated carbocycles. The maximum absolute atomic E-state index is 14.2. The van der Waals surface area contributed by atoms with Crippen LogP contribution in [0.4, 0.5) is 5.69 Å². The highest BCUT2D eigenvalue weighted by Crippen LogP contribution is 2.34. The summed E-state index contributed by atoms with van der Waals surface area (Å²) in [5, 5.41) is 2.91. The standard InChI is InChI=1S/C32H41N3O5S/c1-8-28(32(37)33-22(2)3)34(20-26-14-9-23(4)10-15-26)31(36)21-35(29-19-25(6)13-18-30(29)40-7)41(38,39)27-16-11-24(5)12-17-27/h9-19,22,28H,8,20-21H2,1-7H3,(H,33,37). The maximum atomic E-state index is 14.2. The molecule has 1 atom stereocenters. The van der Waals surface area contributed by atoms with Crippen LogP contribution < -0.4 is 14.4 Å². The van der Waals surface area contributed by atoms with E-state index in [0.717, 1.165) is 26.6 Å². The number of anilines is 1. The molecule has 220 valence electrons. The van der Waals surface area contributed by atoms with Crippen LogP contribution in [0.1, 0.15) is 49.4 Å². The first-order valence-electron chi connectivity index (χ1n) is 13.8. The average molecular weight is 580 g/mol. The summed E-state index contributed by atoms with van der Waals surface area (Å²) < 4.78 is 34.9. The Morgan fingerprint density at radius 3 is 1.98 bits per heavy atom. The van der Waals surface area contributed by atoms with E-state index in [4.69, 9.17) is 4.74 Å². The summed E-state index contributed by atoms with van der Waals surface area (Å²) in [5.41, 5.74) is 3.86. The Balaban J connectivity index is 2.13. The van der Waals surface area contributed by atoms with Gasteiger partial charge in [0.1, 0.15) is 18.3 Å². The molecular formula is C32H41N3O5S. The molecule has 0 bridgehead atoms. The SMILES string of the molecule is CCC(C(=O)NC(C)C)N(Cc1ccc(C)cc1)C(=O)CN(c1cc(C)ccc1OC)S(=O)(=O)c1ccc(C)cc1. The van der Waals surface area contributed by atoms with E-state index in [-0.39, 0.29) is 29.1 Å². The summed E-state index contributed by atoms with van der Waals surface area (Å²) in [7, 11) is -2.74. The molecule has 41 heavy (non-hydrogen) atoms.